The van der Waals surface area contributed by atoms with Crippen molar-refractivity contribution in [3.8, 4) is 0 Å². The van der Waals surface area contributed by atoms with Gasteiger partial charge in [0.25, 0.3) is 0 Å². The molecule has 0 radical (unpaired) electrons. The first-order valence-electron chi connectivity index (χ1n) is 8.09. The third kappa shape index (κ3) is 3.99. The predicted molar refractivity (Wildman–Crippen MR) is 101 cm³/mol. The van der Waals surface area contributed by atoms with Gasteiger partial charge < -0.3 is 14.8 Å². The van der Waals surface area contributed by atoms with E-state index in [9.17, 15) is 9.59 Å². The summed E-state index contributed by atoms with van der Waals surface area (Å²) >= 11 is 6.52. The Morgan fingerprint density at radius 1 is 1.04 bits per heavy atom. The molecule has 5 nitrogen and oxygen atoms in total. The number of esters is 2. The van der Waals surface area contributed by atoms with Gasteiger partial charge in [-0.05, 0) is 26.3 Å². The van der Waals surface area contributed by atoms with Gasteiger partial charge >= 0.3 is 11.9 Å². The minimum Gasteiger partial charge on any atom is -0.466 e. The summed E-state index contributed by atoms with van der Waals surface area (Å²) in [6.07, 6.45) is 1.68. The highest BCUT2D eigenvalue weighted by atomic mass is 35.5. The van der Waals surface area contributed by atoms with Crippen LogP contribution >= 0.6 is 11.6 Å². The molecule has 1 heterocycles. The van der Waals surface area contributed by atoms with Crippen LogP contribution < -0.4 is 5.32 Å². The van der Waals surface area contributed by atoms with Gasteiger partial charge in [-0.15, -0.1) is 0 Å². The van der Waals surface area contributed by atoms with Crippen molar-refractivity contribution in [1.82, 2.24) is 5.32 Å². The van der Waals surface area contributed by atoms with Gasteiger partial charge in [-0.2, -0.15) is 0 Å². The van der Waals surface area contributed by atoms with Crippen LogP contribution in [0.15, 0.2) is 52.9 Å². The van der Waals surface area contributed by atoms with Gasteiger partial charge in [-0.3, -0.25) is 0 Å². The third-order valence-corrected chi connectivity index (χ3v) is 4.57. The van der Waals surface area contributed by atoms with E-state index in [2.05, 4.69) is 5.32 Å². The molecular formula is C20H22ClNO4. The van der Waals surface area contributed by atoms with Crippen LogP contribution in [0.3, 0.4) is 0 Å². The molecule has 0 atom stereocenters. The fourth-order valence-corrected chi connectivity index (χ4v) is 3.25. The summed E-state index contributed by atoms with van der Waals surface area (Å²) in [5.74, 6) is -1.73. The van der Waals surface area contributed by atoms with Crippen molar-refractivity contribution in [2.24, 2.45) is 5.92 Å². The van der Waals surface area contributed by atoms with Crippen LogP contribution in [-0.2, 0) is 19.1 Å². The fraction of sp³-hybridized carbons (Fsp3) is 0.300. The van der Waals surface area contributed by atoms with Crippen LogP contribution in [0, 0.1) is 12.8 Å². The number of nitrogens with one attached hydrogen (secondary N) is 1. The SMILES string of the molecule is COC(=O)C1=C(C)NC(C)=C(C(=O)OC)C1C=C(Cl)c1cccc(C)c1. The standard InChI is InChI=1S/C20H22ClNO4/c1-11-7-6-8-14(9-11)16(21)10-15-17(19(23)25-4)12(2)22-13(3)18(15)20(24)26-5/h6-10,15,22H,1-5H3. The van der Waals surface area contributed by atoms with E-state index in [4.69, 9.17) is 21.1 Å². The average molecular weight is 376 g/mol. The van der Waals surface area contributed by atoms with E-state index >= 15 is 0 Å². The molecule has 0 fully saturated rings. The zero-order valence-corrected chi connectivity index (χ0v) is 16.2. The van der Waals surface area contributed by atoms with Crippen LogP contribution in [0.1, 0.15) is 25.0 Å². The second kappa shape index (κ2) is 8.23. The third-order valence-electron chi connectivity index (χ3n) is 4.22. The maximum absolute atomic E-state index is 12.4. The molecule has 1 aliphatic heterocycles. The Labute approximate surface area is 158 Å². The largest absolute Gasteiger partial charge is 0.466 e. The van der Waals surface area contributed by atoms with Crippen molar-refractivity contribution in [3.63, 3.8) is 0 Å². The molecule has 0 saturated heterocycles. The number of benzene rings is 1. The van der Waals surface area contributed by atoms with Gasteiger partial charge in [0.15, 0.2) is 0 Å². The lowest BCUT2D eigenvalue weighted by Crippen LogP contribution is -2.32. The quantitative estimate of drug-likeness (QED) is 0.813. The molecule has 1 N–H and O–H groups in total. The smallest absolute Gasteiger partial charge is 0.336 e. The van der Waals surface area contributed by atoms with Crippen LogP contribution in [0.4, 0.5) is 0 Å². The molecule has 1 aromatic carbocycles. The molecule has 138 valence electrons. The summed E-state index contributed by atoms with van der Waals surface area (Å²) in [5.41, 5.74) is 3.72. The van der Waals surface area contributed by atoms with E-state index < -0.39 is 17.9 Å². The summed E-state index contributed by atoms with van der Waals surface area (Å²) in [6.45, 7) is 5.47. The number of hydrogen-bond acceptors (Lipinski definition) is 5. The zero-order chi connectivity index (χ0) is 19.4. The molecule has 0 aromatic heterocycles. The number of methoxy groups -OCH3 is 2. The van der Waals surface area contributed by atoms with Gasteiger partial charge in [0.05, 0.1) is 25.4 Å². The summed E-state index contributed by atoms with van der Waals surface area (Å²) in [5, 5.41) is 3.48. The highest BCUT2D eigenvalue weighted by Crippen LogP contribution is 2.35. The minimum absolute atomic E-state index is 0.323. The lowest BCUT2D eigenvalue weighted by molar-refractivity contribution is -0.137. The van der Waals surface area contributed by atoms with E-state index in [1.807, 2.05) is 31.2 Å². The molecule has 0 bridgehead atoms. The van der Waals surface area contributed by atoms with Gasteiger partial charge in [0.1, 0.15) is 0 Å². The molecule has 0 saturated carbocycles. The molecule has 0 aliphatic carbocycles. The maximum atomic E-state index is 12.4. The first-order chi connectivity index (χ1) is 12.3. The summed E-state index contributed by atoms with van der Waals surface area (Å²) in [7, 11) is 2.60. The number of halogens is 1. The number of ether oxygens (including phenoxy) is 2. The molecule has 0 amide bonds. The average Bonchev–Trinajstić information content (AvgIpc) is 2.60. The Bertz CT molecular complexity index is 798. The number of aryl methyl sites for hydroxylation is 1. The van der Waals surface area contributed by atoms with Crippen LogP contribution in [0.5, 0.6) is 0 Å². The summed E-state index contributed by atoms with van der Waals surface area (Å²) < 4.78 is 9.82. The monoisotopic (exact) mass is 375 g/mol. The number of hydrogen-bond donors (Lipinski definition) is 1. The van der Waals surface area contributed by atoms with Gasteiger partial charge in [-0.25, -0.2) is 9.59 Å². The van der Waals surface area contributed by atoms with E-state index in [1.54, 1.807) is 19.9 Å². The van der Waals surface area contributed by atoms with Crippen LogP contribution in [0.2, 0.25) is 0 Å². The Morgan fingerprint density at radius 3 is 2.04 bits per heavy atom. The Kier molecular flexibility index (Phi) is 6.27. The van der Waals surface area contributed by atoms with Crippen LogP contribution in [0.25, 0.3) is 5.03 Å². The van der Waals surface area contributed by atoms with Crippen molar-refractivity contribution in [2.75, 3.05) is 14.2 Å². The van der Waals surface area contributed by atoms with Crippen molar-refractivity contribution in [2.45, 2.75) is 20.8 Å². The zero-order valence-electron chi connectivity index (χ0n) is 15.5. The molecule has 1 aliphatic rings. The summed E-state index contributed by atoms with van der Waals surface area (Å²) in [4.78, 5) is 24.7. The molecule has 0 spiro atoms. The molecule has 1 aromatic rings. The van der Waals surface area contributed by atoms with E-state index in [1.165, 1.54) is 14.2 Å². The normalized spacial score (nSPS) is 15.7. The minimum atomic E-state index is -0.677. The lowest BCUT2D eigenvalue weighted by Gasteiger charge is -2.28. The predicted octanol–water partition coefficient (Wildman–Crippen LogP) is 3.69. The molecule has 2 rings (SSSR count). The fourth-order valence-electron chi connectivity index (χ4n) is 3.01. The van der Waals surface area contributed by atoms with Crippen molar-refractivity contribution >= 4 is 28.6 Å². The second-order valence-corrected chi connectivity index (χ2v) is 6.45. The molecule has 26 heavy (non-hydrogen) atoms. The van der Waals surface area contributed by atoms with Gasteiger partial charge in [0, 0.05) is 22.3 Å². The van der Waals surface area contributed by atoms with E-state index in [0.717, 1.165) is 11.1 Å². The van der Waals surface area contributed by atoms with Gasteiger partial charge in [-0.1, -0.05) is 47.5 Å². The first-order valence-corrected chi connectivity index (χ1v) is 8.47. The number of carbonyl (C=O) groups excluding carboxylic acids is 2. The Hall–Kier alpha value is -2.53. The highest BCUT2D eigenvalue weighted by molar-refractivity contribution is 6.48. The highest BCUT2D eigenvalue weighted by Gasteiger charge is 2.35. The Morgan fingerprint density at radius 2 is 1.58 bits per heavy atom. The number of carbonyl (C=O) groups is 2. The lowest BCUT2D eigenvalue weighted by atomic mass is 9.84. The second-order valence-electron chi connectivity index (χ2n) is 6.05. The Balaban J connectivity index is 2.62. The van der Waals surface area contributed by atoms with Crippen molar-refractivity contribution < 1.29 is 19.1 Å². The van der Waals surface area contributed by atoms with Crippen LogP contribution in [-0.4, -0.2) is 26.2 Å². The maximum Gasteiger partial charge on any atom is 0.336 e. The number of allylic oxidation sites excluding steroid dienone is 3. The first kappa shape index (κ1) is 19.8. The van der Waals surface area contributed by atoms with E-state index in [0.29, 0.717) is 27.6 Å². The topological polar surface area (TPSA) is 64.6 Å². The van der Waals surface area contributed by atoms with Gasteiger partial charge in [0.2, 0.25) is 0 Å². The van der Waals surface area contributed by atoms with Crippen molar-refractivity contribution in [3.05, 3.63) is 64.0 Å². The number of dihydropyridines is 1. The molecular weight excluding hydrogens is 354 g/mol. The van der Waals surface area contributed by atoms with E-state index in [-0.39, 0.29) is 0 Å². The van der Waals surface area contributed by atoms with Crippen molar-refractivity contribution in [1.29, 1.82) is 0 Å². The molecule has 0 unspecified atom stereocenters. The number of rotatable bonds is 4. The molecule has 6 heteroatoms. The summed E-state index contributed by atoms with van der Waals surface area (Å²) in [6, 6.07) is 7.67.